The fraction of sp³-hybridized carbons (Fsp3) is 0.460. The number of carbonyl (C=O) groups is 11. The zero-order chi connectivity index (χ0) is 87.1. The lowest BCUT2D eigenvalue weighted by molar-refractivity contribution is -0.145. The van der Waals surface area contributed by atoms with E-state index in [9.17, 15) is 44.4 Å². The van der Waals surface area contributed by atoms with Gasteiger partial charge < -0.3 is 87.6 Å². The monoisotopic (exact) mass is 1660 g/mol. The van der Waals surface area contributed by atoms with E-state index < -0.39 is 167 Å². The van der Waals surface area contributed by atoms with Crippen LogP contribution in [0.25, 0.3) is 21.5 Å². The Morgan fingerprint density at radius 1 is 0.529 bits per heavy atom. The Balaban J connectivity index is 0.965. The molecule has 0 spiro atoms. The van der Waals surface area contributed by atoms with Crippen molar-refractivity contribution in [1.82, 2.24) is 87.6 Å². The summed E-state index contributed by atoms with van der Waals surface area (Å²) < 4.78 is 15.4. The molecule has 9 amide bonds. The van der Waals surface area contributed by atoms with Gasteiger partial charge in [-0.1, -0.05) is 161 Å². The molecule has 644 valence electrons. The third-order valence-corrected chi connectivity index (χ3v) is 22.3. The van der Waals surface area contributed by atoms with Crippen LogP contribution >= 0.6 is 0 Å². The zero-order valence-corrected chi connectivity index (χ0v) is 69.5. The summed E-state index contributed by atoms with van der Waals surface area (Å²) in [7, 11) is 3.20. The van der Waals surface area contributed by atoms with Crippen molar-refractivity contribution in [3.63, 3.8) is 0 Å². The van der Waals surface area contributed by atoms with E-state index in [2.05, 4.69) is 68.5 Å². The lowest BCUT2D eigenvalue weighted by atomic mass is 9.85. The molecule has 6 aliphatic heterocycles. The minimum atomic E-state index is -1.56. The molecule has 8 heterocycles. The average Bonchev–Trinajstić information content (AvgIpc) is 1.65. The summed E-state index contributed by atoms with van der Waals surface area (Å²) in [5.41, 5.74) is 0.857. The number of carboxylic acids is 2. The SMILES string of the molecule is CN[C@@H](C)C(=O)N[C@H](C(=O)N1CCC2[C@H]1C(=O)N[C@@H](Cc1ccc3ccccc3c1)C(=O)N[C@H](C(=O)O)Cc1ccc(cc1)OCc1cn(nn1)C1CCN(C(=O)[C@@H](NC(=O)[C@H](C)NC)C(C)(C)C)[C@@H]1C(=O)N[C@@H](Cc1ccc3ccccc3c1)C(=O)N[C@H](C(=O)NCC[C@@H](O)C[C@@H](O)CC(=O)O)Cc1ccc(cc1)OCc1cn2nn1)C(C)(C)C. The summed E-state index contributed by atoms with van der Waals surface area (Å²) in [6.45, 7) is 13.3. The van der Waals surface area contributed by atoms with Crippen molar-refractivity contribution in [2.24, 2.45) is 10.8 Å². The van der Waals surface area contributed by atoms with E-state index in [-0.39, 0.29) is 95.6 Å². The Morgan fingerprint density at radius 2 is 0.942 bits per heavy atom. The molecular weight excluding hydrogens is 1560 g/mol. The average molecular weight is 1660 g/mol. The maximum Gasteiger partial charge on any atom is 0.326 e. The summed E-state index contributed by atoms with van der Waals surface area (Å²) in [4.78, 5) is 162. The molecular formula is C87H109N17O17. The second-order valence-electron chi connectivity index (χ2n) is 33.5. The van der Waals surface area contributed by atoms with E-state index >= 15 is 28.8 Å². The van der Waals surface area contributed by atoms with Crippen LogP contribution in [-0.4, -0.2) is 232 Å². The van der Waals surface area contributed by atoms with Gasteiger partial charge in [0.05, 0.1) is 55.2 Å². The fourth-order valence-electron chi connectivity index (χ4n) is 15.3. The molecule has 13 N–H and O–H groups in total. The molecule has 0 radical (unpaired) electrons. The number of carboxylic acid groups (broad SMARTS) is 2. The predicted octanol–water partition coefficient (Wildman–Crippen LogP) is 3.30. The van der Waals surface area contributed by atoms with Crippen LogP contribution in [0.15, 0.2) is 146 Å². The zero-order valence-electron chi connectivity index (χ0n) is 69.5. The van der Waals surface area contributed by atoms with Gasteiger partial charge in [0.2, 0.25) is 53.2 Å². The van der Waals surface area contributed by atoms with Gasteiger partial charge in [0, 0.05) is 45.3 Å². The summed E-state index contributed by atoms with van der Waals surface area (Å²) in [6, 6.07) is 24.6. The first-order valence-electron chi connectivity index (χ1n) is 40.7. The first-order valence-corrected chi connectivity index (χ1v) is 40.7. The molecule has 34 nitrogen and oxygen atoms in total. The summed E-state index contributed by atoms with van der Waals surface area (Å²) in [6.07, 6.45) is -1.06. The number of aliphatic carboxylic acids is 2. The number of fused-ring (bicyclic) bond motifs is 2. The summed E-state index contributed by atoms with van der Waals surface area (Å²) >= 11 is 0. The minimum absolute atomic E-state index is 0.0285. The van der Waals surface area contributed by atoms with Crippen molar-refractivity contribution in [1.29, 1.82) is 0 Å². The number of likely N-dealkylation sites (tertiary alicyclic amines) is 2. The normalized spacial score (nSPS) is 21.3. The molecule has 6 aromatic carbocycles. The number of rotatable bonds is 21. The van der Waals surface area contributed by atoms with E-state index in [0.29, 0.717) is 33.8 Å². The van der Waals surface area contributed by atoms with Crippen LogP contribution < -0.4 is 57.3 Å². The maximum absolute atomic E-state index is 15.9. The molecule has 0 aliphatic carbocycles. The van der Waals surface area contributed by atoms with Crippen LogP contribution in [0.3, 0.4) is 0 Å². The first kappa shape index (κ1) is 89.5. The van der Waals surface area contributed by atoms with E-state index in [4.69, 9.17) is 9.47 Å². The number of nitrogens with one attached hydrogen (secondary N) is 9. The van der Waals surface area contributed by atoms with Gasteiger partial charge in [0.25, 0.3) is 0 Å². The molecule has 34 heteroatoms. The molecule has 6 aliphatic rings. The second kappa shape index (κ2) is 39.7. The molecule has 2 saturated heterocycles. The first-order chi connectivity index (χ1) is 57.6. The van der Waals surface area contributed by atoms with E-state index in [1.54, 1.807) is 143 Å². The Kier molecular flexibility index (Phi) is 29.4. The number of aliphatic hydroxyl groups is 2. The minimum Gasteiger partial charge on any atom is -0.487 e. The molecule has 0 saturated carbocycles. The van der Waals surface area contributed by atoms with Crippen molar-refractivity contribution in [3.05, 3.63) is 179 Å². The number of ether oxygens (including phenoxy) is 2. The number of hydrogen-bond acceptors (Lipinski definition) is 21. The van der Waals surface area contributed by atoms with Crippen molar-refractivity contribution >= 4 is 86.6 Å². The van der Waals surface area contributed by atoms with Crippen molar-refractivity contribution in [2.45, 2.75) is 211 Å². The lowest BCUT2D eigenvalue weighted by Gasteiger charge is -2.37. The number of carbonyl (C=O) groups excluding carboxylic acids is 9. The molecule has 2 unspecified atom stereocenters. The number of nitrogens with zero attached hydrogens (tertiary/aromatic N) is 8. The smallest absolute Gasteiger partial charge is 0.326 e. The fourth-order valence-corrected chi connectivity index (χ4v) is 15.3. The quantitative estimate of drug-likeness (QED) is 0.0491. The van der Waals surface area contributed by atoms with E-state index in [1.165, 1.54) is 19.2 Å². The third kappa shape index (κ3) is 23.2. The van der Waals surface area contributed by atoms with Gasteiger partial charge in [0.1, 0.15) is 84.4 Å². The molecule has 2 aromatic heterocycles. The third-order valence-electron chi connectivity index (χ3n) is 22.3. The van der Waals surface area contributed by atoms with Crippen LogP contribution in [-0.2, 0) is 91.6 Å². The number of benzene rings is 6. The van der Waals surface area contributed by atoms with Gasteiger partial charge in [-0.05, 0) is 133 Å². The van der Waals surface area contributed by atoms with Gasteiger partial charge in [-0.3, -0.25) is 47.9 Å². The van der Waals surface area contributed by atoms with Gasteiger partial charge in [0.15, 0.2) is 0 Å². The molecule has 2 fully saturated rings. The van der Waals surface area contributed by atoms with Gasteiger partial charge in [-0.25, -0.2) is 14.2 Å². The van der Waals surface area contributed by atoms with Gasteiger partial charge in [-0.15, -0.1) is 10.2 Å². The second-order valence-corrected chi connectivity index (χ2v) is 33.5. The Morgan fingerprint density at radius 3 is 1.35 bits per heavy atom. The Bertz CT molecular complexity index is 5050. The molecule has 8 bridgehead atoms. The highest BCUT2D eigenvalue weighted by Gasteiger charge is 2.51. The van der Waals surface area contributed by atoms with Crippen molar-refractivity contribution in [3.8, 4) is 11.5 Å². The number of likely N-dealkylation sites (N-methyl/N-ethyl adjacent to an activating group) is 2. The van der Waals surface area contributed by atoms with Gasteiger partial charge >= 0.3 is 11.9 Å². The number of aromatic nitrogens is 6. The molecule has 14 rings (SSSR count). The molecule has 14 atom stereocenters. The summed E-state index contributed by atoms with van der Waals surface area (Å²) in [5, 5.41) is 88.5. The summed E-state index contributed by atoms with van der Waals surface area (Å²) in [5.74, 6) is -8.24. The lowest BCUT2D eigenvalue weighted by Crippen LogP contribution is -2.61. The largest absolute Gasteiger partial charge is 0.487 e. The van der Waals surface area contributed by atoms with Crippen molar-refractivity contribution in [2.75, 3.05) is 33.7 Å². The number of hydrogen-bond donors (Lipinski definition) is 13. The highest BCUT2D eigenvalue weighted by molar-refractivity contribution is 5.99. The van der Waals surface area contributed by atoms with Crippen LogP contribution in [0.5, 0.6) is 11.5 Å². The number of amides is 9. The maximum atomic E-state index is 15.9. The van der Waals surface area contributed by atoms with Crippen molar-refractivity contribution < 1.29 is 82.6 Å². The molecule has 8 aromatic rings. The highest BCUT2D eigenvalue weighted by atomic mass is 16.5. The van der Waals surface area contributed by atoms with Crippen LogP contribution in [0, 0.1) is 10.8 Å². The van der Waals surface area contributed by atoms with Crippen LogP contribution in [0.4, 0.5) is 0 Å². The van der Waals surface area contributed by atoms with Crippen LogP contribution in [0.2, 0.25) is 0 Å². The van der Waals surface area contributed by atoms with Gasteiger partial charge in [-0.2, -0.15) is 0 Å². The molecule has 121 heavy (non-hydrogen) atoms. The van der Waals surface area contributed by atoms with E-state index in [0.717, 1.165) is 21.5 Å². The Labute approximate surface area is 700 Å². The predicted molar refractivity (Wildman–Crippen MR) is 444 cm³/mol. The van der Waals surface area contributed by atoms with E-state index in [1.807, 2.05) is 72.8 Å². The standard InChI is InChI=1S/C87H109N17O17/c1-49(88-9)76(109)95-74(86(3,4)5)83(116)101-35-32-69-72(101)81(114)92-66(41-53-19-25-55-15-11-13-17-57(55)37-53)79(112)91-65(78(111)90-34-31-61(105)43-62(106)44-71(107)108)39-51-21-27-63(28-22-51)120-47-59-45-104(100-97-59)70-33-36-102(84(117)75(87(6,7)8)96-77(110)50(2)89-10)73(70)82(115)93-67(42-54-20-26-56-16-12-14-18-58(56)38-54)80(113)94-68(85(118)119)40-52-23-29-64(30-24-52)121-48-60-46-103(69)99-98-60/h11-30,37-38,45-46,49-50,61-62,65-70,72-75,88-89,105-106H,31-36,39-44,47-48H2,1-10H3,(H,90,111)(H,91,112)(H,92,114)(H,93,115)(H,94,113)(H,95,109)(H,96,110)(H,107,108)(H,118,119)/t49-,50-,61+,62+,65-,66-,67-,68-,69?,70?,72-,73-,74+,75+/m0/s1. The Hall–Kier alpha value is -12.3. The van der Waals surface area contributed by atoms with Crippen LogP contribution in [0.1, 0.15) is 133 Å². The number of aliphatic hydroxyl groups excluding tert-OH is 2. The highest BCUT2D eigenvalue weighted by Crippen LogP contribution is 2.36. The topological polar surface area (TPSA) is 463 Å².